The quantitative estimate of drug-likeness (QED) is 0.0320. The zero-order valence-electron chi connectivity index (χ0n) is 52.4. The second-order valence-corrected chi connectivity index (χ2v) is 23.9. The second-order valence-electron chi connectivity index (χ2n) is 23.9. The van der Waals surface area contributed by atoms with Gasteiger partial charge in [-0.3, -0.25) is 9.59 Å². The summed E-state index contributed by atoms with van der Waals surface area (Å²) < 4.78 is 5.50. The van der Waals surface area contributed by atoms with Crippen molar-refractivity contribution in [2.45, 2.75) is 386 Å². The second kappa shape index (κ2) is 67.3. The van der Waals surface area contributed by atoms with Gasteiger partial charge in [0, 0.05) is 12.8 Å². The van der Waals surface area contributed by atoms with E-state index in [2.05, 4.69) is 55.6 Å². The highest BCUT2D eigenvalue weighted by Crippen LogP contribution is 2.18. The molecule has 0 fully saturated rings. The molecule has 0 aliphatic heterocycles. The number of hydrogen-bond acceptors (Lipinski definition) is 5. The lowest BCUT2D eigenvalue weighted by Crippen LogP contribution is -2.45. The highest BCUT2D eigenvalue weighted by molar-refractivity contribution is 5.76. The fourth-order valence-electron chi connectivity index (χ4n) is 10.7. The number of aliphatic hydroxyl groups is 2. The van der Waals surface area contributed by atoms with Gasteiger partial charge >= 0.3 is 5.97 Å². The van der Waals surface area contributed by atoms with E-state index in [0.717, 1.165) is 64.2 Å². The number of aliphatic hydroxyl groups excluding tert-OH is 2. The zero-order chi connectivity index (χ0) is 56.4. The van der Waals surface area contributed by atoms with Gasteiger partial charge in [0.05, 0.1) is 25.4 Å². The van der Waals surface area contributed by atoms with Crippen LogP contribution in [0.25, 0.3) is 0 Å². The SMILES string of the molecule is CCCCCCCC/C=C\CCCCCCCCCCCC(=O)OCCCCCCCCCCC/C=C\C/C=C\CCCCCCCCCC(=O)NC(CO)C(O)/C=C/CCCCCCCCCCCCCCCCCCC. The average molecular weight is 1090 g/mol. The predicted molar refractivity (Wildman–Crippen MR) is 342 cm³/mol. The molecule has 0 radical (unpaired) electrons. The zero-order valence-corrected chi connectivity index (χ0v) is 52.4. The van der Waals surface area contributed by atoms with Crippen LogP contribution in [0.15, 0.2) is 48.6 Å². The molecule has 0 bridgehead atoms. The van der Waals surface area contributed by atoms with Gasteiger partial charge in [0.25, 0.3) is 0 Å². The van der Waals surface area contributed by atoms with E-state index in [0.29, 0.717) is 19.4 Å². The number of amides is 1. The van der Waals surface area contributed by atoms with E-state index < -0.39 is 12.1 Å². The lowest BCUT2D eigenvalue weighted by Gasteiger charge is -2.20. The number of unbranched alkanes of at least 4 members (excludes halogenated alkanes) is 48. The van der Waals surface area contributed by atoms with Crippen molar-refractivity contribution in [3.8, 4) is 0 Å². The third kappa shape index (κ3) is 63.0. The lowest BCUT2D eigenvalue weighted by atomic mass is 10.0. The molecular formula is C72H135NO5. The van der Waals surface area contributed by atoms with Gasteiger partial charge in [0.15, 0.2) is 0 Å². The van der Waals surface area contributed by atoms with Gasteiger partial charge in [0.1, 0.15) is 0 Å². The van der Waals surface area contributed by atoms with Gasteiger partial charge in [-0.05, 0) is 89.9 Å². The Kier molecular flexibility index (Phi) is 65.4. The molecule has 0 aliphatic rings. The van der Waals surface area contributed by atoms with Crippen LogP contribution in [0.3, 0.4) is 0 Å². The Balaban J connectivity index is 3.46. The summed E-state index contributed by atoms with van der Waals surface area (Å²) in [6.07, 6.45) is 87.5. The third-order valence-electron chi connectivity index (χ3n) is 16.1. The molecule has 0 aromatic heterocycles. The van der Waals surface area contributed by atoms with Crippen molar-refractivity contribution in [3.05, 3.63) is 48.6 Å². The molecule has 2 unspecified atom stereocenters. The summed E-state index contributed by atoms with van der Waals surface area (Å²) in [5.41, 5.74) is 0. The van der Waals surface area contributed by atoms with Crippen LogP contribution in [0.1, 0.15) is 373 Å². The molecule has 0 saturated carbocycles. The number of carbonyl (C=O) groups excluding carboxylic acids is 2. The molecule has 0 rings (SSSR count). The Hall–Kier alpha value is -2.18. The number of rotatable bonds is 65. The first kappa shape index (κ1) is 75.8. The normalized spacial score (nSPS) is 12.8. The van der Waals surface area contributed by atoms with Gasteiger partial charge in [-0.15, -0.1) is 0 Å². The van der Waals surface area contributed by atoms with Gasteiger partial charge in [-0.25, -0.2) is 0 Å². The topological polar surface area (TPSA) is 95.9 Å². The fraction of sp³-hybridized carbons (Fsp3) is 0.861. The third-order valence-corrected chi connectivity index (χ3v) is 16.1. The van der Waals surface area contributed by atoms with Crippen molar-refractivity contribution in [1.82, 2.24) is 5.32 Å². The van der Waals surface area contributed by atoms with Gasteiger partial charge in [-0.1, -0.05) is 319 Å². The van der Waals surface area contributed by atoms with Crippen LogP contribution in [-0.2, 0) is 14.3 Å². The monoisotopic (exact) mass is 1090 g/mol. The minimum atomic E-state index is -0.853. The predicted octanol–water partition coefficient (Wildman–Crippen LogP) is 22.5. The van der Waals surface area contributed by atoms with Gasteiger partial charge < -0.3 is 20.3 Å². The Morgan fingerprint density at radius 1 is 0.359 bits per heavy atom. The van der Waals surface area contributed by atoms with Crippen molar-refractivity contribution in [2.75, 3.05) is 13.2 Å². The molecule has 0 spiro atoms. The summed E-state index contributed by atoms with van der Waals surface area (Å²) in [6, 6.07) is -0.637. The lowest BCUT2D eigenvalue weighted by molar-refractivity contribution is -0.143. The van der Waals surface area contributed by atoms with Crippen LogP contribution < -0.4 is 5.32 Å². The van der Waals surface area contributed by atoms with E-state index in [-0.39, 0.29) is 18.5 Å². The first-order valence-corrected chi connectivity index (χ1v) is 34.9. The highest BCUT2D eigenvalue weighted by Gasteiger charge is 2.18. The molecule has 0 heterocycles. The summed E-state index contributed by atoms with van der Waals surface area (Å²) in [5.74, 6) is -0.0698. The number of allylic oxidation sites excluding steroid dienone is 7. The molecule has 2 atom stereocenters. The maximum absolute atomic E-state index is 12.5. The summed E-state index contributed by atoms with van der Waals surface area (Å²) in [5, 5.41) is 23.2. The standard InChI is InChI=1S/C72H135NO5/c1-3-5-7-9-11-13-15-17-19-21-28-32-36-40-44-48-52-56-60-64-70(75)69(68-74)73-71(76)65-61-57-53-49-45-41-37-33-30-26-24-23-25-27-31-35-39-43-47-51-55-59-63-67-78-72(77)66-62-58-54-50-46-42-38-34-29-22-20-18-16-14-12-10-8-6-4-2/h18,20,23,25-26,30,60,64,69-70,74-75H,3-17,19,21-22,24,27-29,31-59,61-63,65-68H2,1-2H3,(H,73,76)/b20-18-,25-23-,30-26-,64-60+. The van der Waals surface area contributed by atoms with Crippen molar-refractivity contribution >= 4 is 11.9 Å². The minimum absolute atomic E-state index is 0.00633. The number of nitrogens with one attached hydrogen (secondary N) is 1. The summed E-state index contributed by atoms with van der Waals surface area (Å²) in [4.78, 5) is 24.6. The van der Waals surface area contributed by atoms with Crippen LogP contribution in [0.2, 0.25) is 0 Å². The van der Waals surface area contributed by atoms with Crippen LogP contribution in [-0.4, -0.2) is 47.4 Å². The molecule has 6 nitrogen and oxygen atoms in total. The summed E-state index contributed by atoms with van der Waals surface area (Å²) in [6.45, 7) is 4.92. The van der Waals surface area contributed by atoms with E-state index in [1.807, 2.05) is 6.08 Å². The molecule has 6 heteroatoms. The Labute approximate surface area is 486 Å². The van der Waals surface area contributed by atoms with Gasteiger partial charge in [0.2, 0.25) is 5.91 Å². The first-order valence-electron chi connectivity index (χ1n) is 34.9. The Morgan fingerprint density at radius 3 is 0.987 bits per heavy atom. The van der Waals surface area contributed by atoms with Crippen LogP contribution in [0, 0.1) is 0 Å². The molecule has 3 N–H and O–H groups in total. The van der Waals surface area contributed by atoms with Crippen molar-refractivity contribution < 1.29 is 24.5 Å². The van der Waals surface area contributed by atoms with E-state index in [1.165, 1.54) is 283 Å². The van der Waals surface area contributed by atoms with Crippen molar-refractivity contribution in [3.63, 3.8) is 0 Å². The number of carbonyl (C=O) groups is 2. The molecule has 0 saturated heterocycles. The summed E-state index contributed by atoms with van der Waals surface area (Å²) in [7, 11) is 0. The maximum Gasteiger partial charge on any atom is 0.305 e. The Bertz CT molecular complexity index is 1310. The van der Waals surface area contributed by atoms with E-state index >= 15 is 0 Å². The van der Waals surface area contributed by atoms with Crippen LogP contribution in [0.4, 0.5) is 0 Å². The van der Waals surface area contributed by atoms with Crippen molar-refractivity contribution in [1.29, 1.82) is 0 Å². The Morgan fingerprint density at radius 2 is 0.641 bits per heavy atom. The molecule has 1 amide bonds. The maximum atomic E-state index is 12.5. The molecule has 0 aliphatic carbocycles. The first-order chi connectivity index (χ1) is 38.5. The van der Waals surface area contributed by atoms with Crippen LogP contribution >= 0.6 is 0 Å². The van der Waals surface area contributed by atoms with Gasteiger partial charge in [-0.2, -0.15) is 0 Å². The van der Waals surface area contributed by atoms with Crippen molar-refractivity contribution in [2.24, 2.45) is 0 Å². The molecule has 458 valence electrons. The fourth-order valence-corrected chi connectivity index (χ4v) is 10.7. The molecule has 78 heavy (non-hydrogen) atoms. The molecular weight excluding hydrogens is 959 g/mol. The van der Waals surface area contributed by atoms with E-state index in [4.69, 9.17) is 4.74 Å². The minimum Gasteiger partial charge on any atom is -0.466 e. The van der Waals surface area contributed by atoms with E-state index in [1.54, 1.807) is 6.08 Å². The number of ether oxygens (including phenoxy) is 1. The molecule has 0 aromatic rings. The summed E-state index contributed by atoms with van der Waals surface area (Å²) >= 11 is 0. The number of hydrogen-bond donors (Lipinski definition) is 3. The van der Waals surface area contributed by atoms with E-state index in [9.17, 15) is 19.8 Å². The highest BCUT2D eigenvalue weighted by atomic mass is 16.5. The smallest absolute Gasteiger partial charge is 0.305 e. The largest absolute Gasteiger partial charge is 0.466 e. The average Bonchev–Trinajstić information content (AvgIpc) is 3.44. The van der Waals surface area contributed by atoms with Crippen LogP contribution in [0.5, 0.6) is 0 Å². The number of esters is 1. The molecule has 0 aromatic carbocycles.